The summed E-state index contributed by atoms with van der Waals surface area (Å²) >= 11 is 0. The van der Waals surface area contributed by atoms with Gasteiger partial charge in [0.15, 0.2) is 0 Å². The Kier molecular flexibility index (Phi) is 20.3. The molecule has 8 nitrogen and oxygen atoms in total. The third kappa shape index (κ3) is 21.5. The van der Waals surface area contributed by atoms with Gasteiger partial charge in [-0.1, -0.05) is 77.0 Å². The fourth-order valence-corrected chi connectivity index (χ4v) is 3.77. The van der Waals surface area contributed by atoms with Gasteiger partial charge in [-0.25, -0.2) is 4.79 Å². The molecule has 1 atom stereocenters. The summed E-state index contributed by atoms with van der Waals surface area (Å²) in [4.78, 5) is 45.2. The van der Waals surface area contributed by atoms with E-state index in [9.17, 15) is 24.3 Å². The third-order valence-electron chi connectivity index (χ3n) is 5.71. The maximum absolute atomic E-state index is 12.0. The number of carbonyl (C=O) groups excluding carboxylic acids is 2. The van der Waals surface area contributed by atoms with Crippen LogP contribution < -0.4 is 10.6 Å². The van der Waals surface area contributed by atoms with E-state index in [0.717, 1.165) is 44.9 Å². The Hall–Kier alpha value is -2.12. The summed E-state index contributed by atoms with van der Waals surface area (Å²) < 4.78 is 0. The van der Waals surface area contributed by atoms with Crippen LogP contribution in [0, 0.1) is 0 Å². The fraction of sp³-hybridized carbons (Fsp3) is 0.840. The Morgan fingerprint density at radius 2 is 1.03 bits per heavy atom. The Morgan fingerprint density at radius 1 is 0.606 bits per heavy atom. The Balaban J connectivity index is 3.52. The standard InChI is InChI=1S/C25H46N2O6/c1-2-26-22(28)20-19-21(25(32)33)27-23(29)17-15-13-11-9-7-5-3-4-6-8-10-12-14-16-18-24(30)31/h21H,2-20H2,1H3,(H,26,28)(H,27,29)(H,30,31)(H,32,33)/t21-/m1/s1. The van der Waals surface area contributed by atoms with E-state index in [4.69, 9.17) is 5.11 Å². The number of aliphatic carboxylic acids is 2. The highest BCUT2D eigenvalue weighted by Gasteiger charge is 2.20. The number of unbranched alkanes of at least 4 members (excludes halogenated alkanes) is 13. The number of hydrogen-bond donors (Lipinski definition) is 4. The zero-order valence-electron chi connectivity index (χ0n) is 20.5. The van der Waals surface area contributed by atoms with E-state index in [1.807, 2.05) is 0 Å². The van der Waals surface area contributed by atoms with Crippen molar-refractivity contribution >= 4 is 23.8 Å². The van der Waals surface area contributed by atoms with Crippen molar-refractivity contribution in [2.75, 3.05) is 6.54 Å². The molecule has 0 aromatic carbocycles. The molecule has 4 N–H and O–H groups in total. The predicted molar refractivity (Wildman–Crippen MR) is 129 cm³/mol. The molecule has 0 heterocycles. The molecule has 0 spiro atoms. The highest BCUT2D eigenvalue weighted by Crippen LogP contribution is 2.14. The largest absolute Gasteiger partial charge is 0.481 e. The van der Waals surface area contributed by atoms with E-state index >= 15 is 0 Å². The van der Waals surface area contributed by atoms with Gasteiger partial charge in [0.25, 0.3) is 0 Å². The van der Waals surface area contributed by atoms with Crippen LogP contribution in [0.3, 0.4) is 0 Å². The van der Waals surface area contributed by atoms with Crippen molar-refractivity contribution in [3.05, 3.63) is 0 Å². The van der Waals surface area contributed by atoms with E-state index < -0.39 is 18.0 Å². The summed E-state index contributed by atoms with van der Waals surface area (Å²) in [7, 11) is 0. The smallest absolute Gasteiger partial charge is 0.326 e. The Labute approximate surface area is 199 Å². The van der Waals surface area contributed by atoms with E-state index in [1.54, 1.807) is 6.92 Å². The van der Waals surface area contributed by atoms with Crippen molar-refractivity contribution in [2.24, 2.45) is 0 Å². The lowest BCUT2D eigenvalue weighted by Gasteiger charge is -2.14. The minimum absolute atomic E-state index is 0.0830. The summed E-state index contributed by atoms with van der Waals surface area (Å²) in [5, 5.41) is 23.0. The number of amides is 2. The molecule has 0 aliphatic heterocycles. The van der Waals surface area contributed by atoms with Crippen molar-refractivity contribution in [2.45, 2.75) is 129 Å². The zero-order valence-corrected chi connectivity index (χ0v) is 20.5. The first-order valence-corrected chi connectivity index (χ1v) is 12.9. The number of carboxylic acids is 2. The molecular weight excluding hydrogens is 424 g/mol. The molecule has 8 heteroatoms. The van der Waals surface area contributed by atoms with Crippen LogP contribution in [0.15, 0.2) is 0 Å². The van der Waals surface area contributed by atoms with Gasteiger partial charge in [-0.2, -0.15) is 0 Å². The van der Waals surface area contributed by atoms with Crippen LogP contribution in [0.2, 0.25) is 0 Å². The lowest BCUT2D eigenvalue weighted by molar-refractivity contribution is -0.142. The van der Waals surface area contributed by atoms with Gasteiger partial charge in [0.05, 0.1) is 0 Å². The highest BCUT2D eigenvalue weighted by atomic mass is 16.4. The van der Waals surface area contributed by atoms with Crippen molar-refractivity contribution in [1.82, 2.24) is 10.6 Å². The van der Waals surface area contributed by atoms with Crippen molar-refractivity contribution in [3.63, 3.8) is 0 Å². The van der Waals surface area contributed by atoms with Crippen LogP contribution in [-0.2, 0) is 19.2 Å². The van der Waals surface area contributed by atoms with Gasteiger partial charge in [0.1, 0.15) is 6.04 Å². The summed E-state index contributed by atoms with van der Waals surface area (Å²) in [6.07, 6.45) is 16.4. The summed E-state index contributed by atoms with van der Waals surface area (Å²) in [6.45, 7) is 2.30. The molecule has 2 amide bonds. The second-order valence-electron chi connectivity index (χ2n) is 8.79. The SMILES string of the molecule is CCNC(=O)CC[C@@H](NC(=O)CCCCCCCCCCCCCCCCC(=O)O)C(=O)O. The number of rotatable bonds is 23. The van der Waals surface area contributed by atoms with E-state index in [-0.39, 0.29) is 24.7 Å². The monoisotopic (exact) mass is 470 g/mol. The molecule has 0 unspecified atom stereocenters. The quantitative estimate of drug-likeness (QED) is 0.159. The molecule has 0 saturated heterocycles. The van der Waals surface area contributed by atoms with Crippen LogP contribution in [-0.4, -0.2) is 46.6 Å². The lowest BCUT2D eigenvalue weighted by atomic mass is 10.0. The van der Waals surface area contributed by atoms with Gasteiger partial charge in [-0.15, -0.1) is 0 Å². The van der Waals surface area contributed by atoms with Crippen molar-refractivity contribution in [3.8, 4) is 0 Å². The van der Waals surface area contributed by atoms with Crippen LogP contribution in [0.25, 0.3) is 0 Å². The van der Waals surface area contributed by atoms with Crippen molar-refractivity contribution in [1.29, 1.82) is 0 Å². The number of carbonyl (C=O) groups is 4. The average Bonchev–Trinajstić information content (AvgIpc) is 2.76. The average molecular weight is 471 g/mol. The molecule has 0 aromatic heterocycles. The molecule has 0 aliphatic carbocycles. The topological polar surface area (TPSA) is 133 Å². The van der Waals surface area contributed by atoms with Gasteiger partial charge >= 0.3 is 11.9 Å². The molecular formula is C25H46N2O6. The lowest BCUT2D eigenvalue weighted by Crippen LogP contribution is -2.41. The van der Waals surface area contributed by atoms with Gasteiger partial charge in [-0.3, -0.25) is 14.4 Å². The molecule has 0 bridgehead atoms. The number of hydrogen-bond acceptors (Lipinski definition) is 4. The summed E-state index contributed by atoms with van der Waals surface area (Å²) in [5.74, 6) is -2.28. The maximum atomic E-state index is 12.0. The van der Waals surface area contributed by atoms with Gasteiger partial charge < -0.3 is 20.8 Å². The van der Waals surface area contributed by atoms with E-state index in [1.165, 1.54) is 44.9 Å². The van der Waals surface area contributed by atoms with Crippen LogP contribution >= 0.6 is 0 Å². The minimum atomic E-state index is -1.11. The molecule has 0 fully saturated rings. The van der Waals surface area contributed by atoms with Crippen LogP contribution in [0.5, 0.6) is 0 Å². The Morgan fingerprint density at radius 3 is 1.42 bits per heavy atom. The Bertz CT molecular complexity index is 553. The maximum Gasteiger partial charge on any atom is 0.326 e. The number of nitrogens with one attached hydrogen (secondary N) is 2. The number of carboxylic acid groups (broad SMARTS) is 2. The predicted octanol–water partition coefficient (Wildman–Crippen LogP) is 4.80. The van der Waals surface area contributed by atoms with Gasteiger partial charge in [0, 0.05) is 25.8 Å². The third-order valence-corrected chi connectivity index (χ3v) is 5.71. The van der Waals surface area contributed by atoms with Gasteiger partial charge in [-0.05, 0) is 26.2 Å². The fourth-order valence-electron chi connectivity index (χ4n) is 3.77. The highest BCUT2D eigenvalue weighted by molar-refractivity contribution is 5.84. The second kappa shape index (κ2) is 21.7. The normalized spacial score (nSPS) is 11.7. The van der Waals surface area contributed by atoms with Gasteiger partial charge in [0.2, 0.25) is 11.8 Å². The summed E-state index contributed by atoms with van der Waals surface area (Å²) in [5.41, 5.74) is 0. The molecule has 192 valence electrons. The van der Waals surface area contributed by atoms with Crippen LogP contribution in [0.4, 0.5) is 0 Å². The molecule has 0 saturated carbocycles. The molecule has 0 rings (SSSR count). The van der Waals surface area contributed by atoms with E-state index in [2.05, 4.69) is 10.6 Å². The minimum Gasteiger partial charge on any atom is -0.481 e. The second-order valence-corrected chi connectivity index (χ2v) is 8.79. The first kappa shape index (κ1) is 30.9. The first-order chi connectivity index (χ1) is 15.9. The summed E-state index contributed by atoms with van der Waals surface area (Å²) in [6, 6.07) is -1.02. The van der Waals surface area contributed by atoms with E-state index in [0.29, 0.717) is 19.4 Å². The van der Waals surface area contributed by atoms with Crippen LogP contribution in [0.1, 0.15) is 122 Å². The zero-order chi connectivity index (χ0) is 24.7. The molecule has 0 radical (unpaired) electrons. The molecule has 0 aromatic rings. The van der Waals surface area contributed by atoms with Crippen molar-refractivity contribution < 1.29 is 29.4 Å². The first-order valence-electron chi connectivity index (χ1n) is 12.9. The molecule has 0 aliphatic rings. The molecule has 33 heavy (non-hydrogen) atoms.